The number of rotatable bonds is 6. The number of aliphatic hydroxyl groups is 2. The number of nitrogens with one attached hydrogen (secondary N) is 1. The van der Waals surface area contributed by atoms with Crippen molar-refractivity contribution in [2.24, 2.45) is 0 Å². The predicted octanol–water partition coefficient (Wildman–Crippen LogP) is 2.73. The molecule has 0 spiro atoms. The largest absolute Gasteiger partial charge is 0.492 e. The van der Waals surface area contributed by atoms with Crippen LogP contribution in [0.3, 0.4) is 0 Å². The lowest BCUT2D eigenvalue weighted by Crippen LogP contribution is -2.34. The minimum atomic E-state index is -0.527. The molecule has 6 heteroatoms. The Morgan fingerprint density at radius 1 is 1.04 bits per heavy atom. The molecule has 0 aliphatic heterocycles. The zero-order valence-corrected chi connectivity index (χ0v) is 14.8. The molecule has 0 aliphatic carbocycles. The predicted molar refractivity (Wildman–Crippen MR) is 95.5 cm³/mol. The molecule has 0 atom stereocenters. The van der Waals surface area contributed by atoms with Crippen molar-refractivity contribution in [2.75, 3.05) is 13.2 Å². The Morgan fingerprint density at radius 3 is 2.28 bits per heavy atom. The summed E-state index contributed by atoms with van der Waals surface area (Å²) in [7, 11) is 0. The van der Waals surface area contributed by atoms with Crippen molar-refractivity contribution < 1.29 is 24.5 Å². The van der Waals surface area contributed by atoms with Crippen molar-refractivity contribution in [3.8, 4) is 5.75 Å². The van der Waals surface area contributed by atoms with Gasteiger partial charge in [0.1, 0.15) is 18.0 Å². The van der Waals surface area contributed by atoms with Gasteiger partial charge in [0.2, 0.25) is 0 Å². The molecule has 0 bridgehead atoms. The van der Waals surface area contributed by atoms with E-state index < -0.39 is 11.7 Å². The number of amides is 1. The van der Waals surface area contributed by atoms with Crippen LogP contribution in [0.1, 0.15) is 31.9 Å². The van der Waals surface area contributed by atoms with Gasteiger partial charge in [-0.25, -0.2) is 4.79 Å². The molecule has 25 heavy (non-hydrogen) atoms. The van der Waals surface area contributed by atoms with Crippen LogP contribution in [0, 0.1) is 0 Å². The highest BCUT2D eigenvalue weighted by molar-refractivity contribution is 5.85. The molecular weight excluding hydrogens is 322 g/mol. The molecule has 0 heterocycles. The second kappa shape index (κ2) is 8.18. The molecule has 2 aromatic carbocycles. The van der Waals surface area contributed by atoms with E-state index in [1.807, 2.05) is 30.3 Å². The maximum absolute atomic E-state index is 11.5. The average molecular weight is 347 g/mol. The fourth-order valence-corrected chi connectivity index (χ4v) is 2.39. The van der Waals surface area contributed by atoms with Gasteiger partial charge in [-0.05, 0) is 66.9 Å². The number of carbonyl (C=O) groups excluding carboxylic acids is 1. The summed E-state index contributed by atoms with van der Waals surface area (Å²) in [6.45, 7) is 5.82. The summed E-state index contributed by atoms with van der Waals surface area (Å²) in [5.41, 5.74) is 0.880. The molecule has 136 valence electrons. The maximum Gasteiger partial charge on any atom is 0.407 e. The fourth-order valence-electron chi connectivity index (χ4n) is 2.39. The molecule has 2 rings (SSSR count). The Morgan fingerprint density at radius 2 is 1.68 bits per heavy atom. The Kier molecular flexibility index (Phi) is 6.22. The molecular formula is C19H25NO5. The smallest absolute Gasteiger partial charge is 0.407 e. The third-order valence-corrected chi connectivity index (χ3v) is 3.51. The topological polar surface area (TPSA) is 88.0 Å². The van der Waals surface area contributed by atoms with E-state index >= 15 is 0 Å². The van der Waals surface area contributed by atoms with Crippen molar-refractivity contribution in [1.82, 2.24) is 5.32 Å². The van der Waals surface area contributed by atoms with Crippen LogP contribution in [-0.2, 0) is 18.0 Å². The molecule has 0 unspecified atom stereocenters. The van der Waals surface area contributed by atoms with Crippen LogP contribution in [0.15, 0.2) is 30.3 Å². The Hall–Kier alpha value is -2.31. The molecule has 3 N–H and O–H groups in total. The zero-order chi connectivity index (χ0) is 18.4. The van der Waals surface area contributed by atoms with Crippen molar-refractivity contribution in [1.29, 1.82) is 0 Å². The monoisotopic (exact) mass is 347 g/mol. The third kappa shape index (κ3) is 5.62. The number of benzene rings is 2. The van der Waals surface area contributed by atoms with Gasteiger partial charge in [0.25, 0.3) is 0 Å². The Balaban J connectivity index is 1.94. The second-order valence-corrected chi connectivity index (χ2v) is 6.72. The SMILES string of the molecule is CC(C)(C)OC(=O)NCCOc1ccc2cc(CO)c(CO)cc2c1. The number of hydrogen-bond donors (Lipinski definition) is 3. The standard InChI is InChI=1S/C19H25NO5/c1-19(2,3)25-18(23)20-6-7-24-17-5-4-13-8-15(11-21)16(12-22)9-14(13)10-17/h4-5,8-10,21-22H,6-7,11-12H2,1-3H3,(H,20,23). The highest BCUT2D eigenvalue weighted by atomic mass is 16.6. The highest BCUT2D eigenvalue weighted by Crippen LogP contribution is 2.25. The normalized spacial score (nSPS) is 11.4. The molecule has 1 amide bonds. The minimum Gasteiger partial charge on any atom is -0.492 e. The van der Waals surface area contributed by atoms with Gasteiger partial charge >= 0.3 is 6.09 Å². The van der Waals surface area contributed by atoms with Gasteiger partial charge in [0.05, 0.1) is 19.8 Å². The first kappa shape index (κ1) is 19.0. The summed E-state index contributed by atoms with van der Waals surface area (Å²) in [5, 5.41) is 23.2. The first-order valence-electron chi connectivity index (χ1n) is 8.19. The van der Waals surface area contributed by atoms with E-state index in [1.54, 1.807) is 20.8 Å². The van der Waals surface area contributed by atoms with Gasteiger partial charge in [-0.15, -0.1) is 0 Å². The van der Waals surface area contributed by atoms with E-state index in [-0.39, 0.29) is 13.2 Å². The quantitative estimate of drug-likeness (QED) is 0.699. The lowest BCUT2D eigenvalue weighted by Gasteiger charge is -2.19. The van der Waals surface area contributed by atoms with Crippen molar-refractivity contribution in [2.45, 2.75) is 39.6 Å². The van der Waals surface area contributed by atoms with E-state index in [2.05, 4.69) is 5.32 Å². The van der Waals surface area contributed by atoms with Crippen LogP contribution < -0.4 is 10.1 Å². The Bertz CT molecular complexity index is 736. The summed E-state index contributed by atoms with van der Waals surface area (Å²) in [5.74, 6) is 0.666. The maximum atomic E-state index is 11.5. The lowest BCUT2D eigenvalue weighted by molar-refractivity contribution is 0.0520. The molecule has 6 nitrogen and oxygen atoms in total. The third-order valence-electron chi connectivity index (χ3n) is 3.51. The molecule has 0 saturated carbocycles. The van der Waals surface area contributed by atoms with Crippen molar-refractivity contribution >= 4 is 16.9 Å². The Labute approximate surface area is 147 Å². The minimum absolute atomic E-state index is 0.111. The second-order valence-electron chi connectivity index (χ2n) is 6.72. The first-order chi connectivity index (χ1) is 11.8. The fraction of sp³-hybridized carbons (Fsp3) is 0.421. The molecule has 0 aromatic heterocycles. The van der Waals surface area contributed by atoms with E-state index in [4.69, 9.17) is 9.47 Å². The van der Waals surface area contributed by atoms with Crippen LogP contribution in [-0.4, -0.2) is 35.1 Å². The molecule has 0 radical (unpaired) electrons. The van der Waals surface area contributed by atoms with Crippen LogP contribution >= 0.6 is 0 Å². The van der Waals surface area contributed by atoms with E-state index in [0.29, 0.717) is 30.0 Å². The number of ether oxygens (including phenoxy) is 2. The van der Waals surface area contributed by atoms with Gasteiger partial charge in [0.15, 0.2) is 0 Å². The van der Waals surface area contributed by atoms with Crippen LogP contribution in [0.5, 0.6) is 5.75 Å². The number of alkyl carbamates (subject to hydrolysis) is 1. The lowest BCUT2D eigenvalue weighted by atomic mass is 10.0. The number of carbonyl (C=O) groups is 1. The van der Waals surface area contributed by atoms with E-state index in [9.17, 15) is 15.0 Å². The van der Waals surface area contributed by atoms with E-state index in [0.717, 1.165) is 10.8 Å². The first-order valence-corrected chi connectivity index (χ1v) is 8.19. The summed E-state index contributed by atoms with van der Waals surface area (Å²) in [6.07, 6.45) is -0.473. The molecule has 0 saturated heterocycles. The summed E-state index contributed by atoms with van der Waals surface area (Å²) < 4.78 is 10.8. The van der Waals surface area contributed by atoms with Crippen molar-refractivity contribution in [3.05, 3.63) is 41.5 Å². The molecule has 0 fully saturated rings. The van der Waals surface area contributed by atoms with Gasteiger partial charge in [-0.1, -0.05) is 6.07 Å². The highest BCUT2D eigenvalue weighted by Gasteiger charge is 2.15. The zero-order valence-electron chi connectivity index (χ0n) is 14.8. The van der Waals surface area contributed by atoms with Crippen molar-refractivity contribution in [3.63, 3.8) is 0 Å². The van der Waals surface area contributed by atoms with Crippen LogP contribution in [0.25, 0.3) is 10.8 Å². The summed E-state index contributed by atoms with van der Waals surface area (Å²) in [6, 6.07) is 9.28. The van der Waals surface area contributed by atoms with E-state index in [1.165, 1.54) is 0 Å². The average Bonchev–Trinajstić information content (AvgIpc) is 2.55. The van der Waals surface area contributed by atoms with Gasteiger partial charge in [-0.3, -0.25) is 0 Å². The summed E-state index contributed by atoms with van der Waals surface area (Å²) in [4.78, 5) is 11.5. The number of fused-ring (bicyclic) bond motifs is 1. The van der Waals surface area contributed by atoms with Crippen LogP contribution in [0.4, 0.5) is 4.79 Å². The molecule has 0 aliphatic rings. The van der Waals surface area contributed by atoms with Gasteiger partial charge < -0.3 is 25.0 Å². The number of hydrogen-bond acceptors (Lipinski definition) is 5. The van der Waals surface area contributed by atoms with Gasteiger partial charge in [0, 0.05) is 0 Å². The number of aliphatic hydroxyl groups excluding tert-OH is 2. The van der Waals surface area contributed by atoms with Crippen LogP contribution in [0.2, 0.25) is 0 Å². The summed E-state index contributed by atoms with van der Waals surface area (Å²) >= 11 is 0. The van der Waals surface area contributed by atoms with Gasteiger partial charge in [-0.2, -0.15) is 0 Å². The molecule has 2 aromatic rings.